The Balaban J connectivity index is 1.53. The lowest BCUT2D eigenvalue weighted by Crippen LogP contribution is -2.24. The van der Waals surface area contributed by atoms with Crippen molar-refractivity contribution in [2.75, 3.05) is 13.7 Å². The van der Waals surface area contributed by atoms with Crippen LogP contribution in [0.1, 0.15) is 28.8 Å². The monoisotopic (exact) mass is 366 g/mol. The van der Waals surface area contributed by atoms with Gasteiger partial charge in [0.2, 0.25) is 5.78 Å². The molecule has 4 rings (SSSR count). The predicted molar refractivity (Wildman–Crippen MR) is 97.0 cm³/mol. The number of fused-ring (bicyclic) bond motifs is 1. The van der Waals surface area contributed by atoms with Crippen LogP contribution in [-0.4, -0.2) is 31.6 Å². The number of rotatable bonds is 4. The smallest absolute Gasteiger partial charge is 0.340 e. The highest BCUT2D eigenvalue weighted by atomic mass is 16.6. The molecule has 1 fully saturated rings. The van der Waals surface area contributed by atoms with Crippen molar-refractivity contribution < 1.29 is 28.5 Å². The zero-order valence-electron chi connectivity index (χ0n) is 14.8. The van der Waals surface area contributed by atoms with E-state index in [1.54, 1.807) is 37.5 Å². The van der Waals surface area contributed by atoms with Gasteiger partial charge in [0.25, 0.3) is 0 Å². The van der Waals surface area contributed by atoms with Gasteiger partial charge in [-0.05, 0) is 48.7 Å². The maximum absolute atomic E-state index is 12.5. The molecule has 2 aromatic carbocycles. The summed E-state index contributed by atoms with van der Waals surface area (Å²) in [7, 11) is 1.58. The van der Waals surface area contributed by atoms with Crippen molar-refractivity contribution in [1.29, 1.82) is 0 Å². The fraction of sp³-hybridized carbons (Fsp3) is 0.238. The molecule has 1 atom stereocenters. The number of esters is 1. The molecule has 0 radical (unpaired) electrons. The Morgan fingerprint density at radius 1 is 1.19 bits per heavy atom. The van der Waals surface area contributed by atoms with Crippen molar-refractivity contribution in [1.82, 2.24) is 0 Å². The van der Waals surface area contributed by atoms with Gasteiger partial charge in [-0.25, -0.2) is 4.79 Å². The highest BCUT2D eigenvalue weighted by Gasteiger charge is 2.29. The van der Waals surface area contributed by atoms with E-state index in [0.717, 1.165) is 12.0 Å². The largest absolute Gasteiger partial charge is 0.497 e. The van der Waals surface area contributed by atoms with Crippen molar-refractivity contribution in [3.63, 3.8) is 0 Å². The van der Waals surface area contributed by atoms with E-state index < -0.39 is 12.1 Å². The molecule has 1 unspecified atom stereocenters. The van der Waals surface area contributed by atoms with E-state index in [1.807, 2.05) is 18.2 Å². The van der Waals surface area contributed by atoms with Crippen molar-refractivity contribution >= 4 is 17.8 Å². The van der Waals surface area contributed by atoms with Crippen LogP contribution in [0.15, 0.2) is 48.2 Å². The molecule has 1 saturated heterocycles. The number of hydrogen-bond acceptors (Lipinski definition) is 6. The van der Waals surface area contributed by atoms with Crippen LogP contribution in [0, 0.1) is 0 Å². The number of ketones is 1. The SMILES string of the molecule is COc1cccc(/C=C2\Oc3cc(OC(=O)C4CCCO4)ccc3C2=O)c1. The molecule has 0 aliphatic carbocycles. The van der Waals surface area contributed by atoms with Crippen molar-refractivity contribution in [2.45, 2.75) is 18.9 Å². The quantitative estimate of drug-likeness (QED) is 0.469. The van der Waals surface area contributed by atoms with E-state index in [9.17, 15) is 9.59 Å². The Morgan fingerprint density at radius 2 is 2.07 bits per heavy atom. The molecule has 2 heterocycles. The summed E-state index contributed by atoms with van der Waals surface area (Å²) >= 11 is 0. The number of Topliss-reactive ketones (excluding diaryl/α,β-unsaturated/α-hetero) is 1. The van der Waals surface area contributed by atoms with E-state index in [2.05, 4.69) is 0 Å². The van der Waals surface area contributed by atoms with Gasteiger partial charge in [0.1, 0.15) is 17.2 Å². The molecule has 0 aromatic heterocycles. The van der Waals surface area contributed by atoms with Crippen LogP contribution >= 0.6 is 0 Å². The summed E-state index contributed by atoms with van der Waals surface area (Å²) in [5.74, 6) is 0.946. The van der Waals surface area contributed by atoms with Gasteiger partial charge in [-0.1, -0.05) is 12.1 Å². The van der Waals surface area contributed by atoms with E-state index in [0.29, 0.717) is 35.8 Å². The second-order valence-electron chi connectivity index (χ2n) is 6.30. The average Bonchev–Trinajstić information content (AvgIpc) is 3.31. The zero-order chi connectivity index (χ0) is 18.8. The first-order valence-corrected chi connectivity index (χ1v) is 8.70. The van der Waals surface area contributed by atoms with Gasteiger partial charge in [0, 0.05) is 12.7 Å². The van der Waals surface area contributed by atoms with Gasteiger partial charge in [-0.3, -0.25) is 4.79 Å². The minimum absolute atomic E-state index is 0.209. The Hall–Kier alpha value is -3.12. The predicted octanol–water partition coefficient (Wildman–Crippen LogP) is 3.40. The standard InChI is InChI=1S/C21H18O6/c1-24-14-5-2-4-13(10-14)11-19-20(22)16-8-7-15(12-18(16)27-19)26-21(23)17-6-3-9-25-17/h2,4-5,7-8,10-12,17H,3,6,9H2,1H3/b19-11-. The third-order valence-corrected chi connectivity index (χ3v) is 4.44. The Kier molecular flexibility index (Phi) is 4.64. The van der Waals surface area contributed by atoms with Gasteiger partial charge in [0.05, 0.1) is 12.7 Å². The summed E-state index contributed by atoms with van der Waals surface area (Å²) in [5.41, 5.74) is 1.22. The number of ether oxygens (including phenoxy) is 4. The molecule has 0 N–H and O–H groups in total. The fourth-order valence-electron chi connectivity index (χ4n) is 3.06. The van der Waals surface area contributed by atoms with Crippen LogP contribution in [0.2, 0.25) is 0 Å². The Morgan fingerprint density at radius 3 is 2.85 bits per heavy atom. The summed E-state index contributed by atoms with van der Waals surface area (Å²) in [6.07, 6.45) is 2.64. The Labute approximate surface area is 156 Å². The number of methoxy groups -OCH3 is 1. The third-order valence-electron chi connectivity index (χ3n) is 4.44. The first-order valence-electron chi connectivity index (χ1n) is 8.70. The normalized spacial score (nSPS) is 19.7. The molecule has 2 aliphatic rings. The van der Waals surface area contributed by atoms with Crippen molar-refractivity contribution in [2.24, 2.45) is 0 Å². The highest BCUT2D eigenvalue weighted by Crippen LogP contribution is 2.35. The van der Waals surface area contributed by atoms with E-state index >= 15 is 0 Å². The second kappa shape index (κ2) is 7.25. The number of benzene rings is 2. The lowest BCUT2D eigenvalue weighted by atomic mass is 10.1. The lowest BCUT2D eigenvalue weighted by molar-refractivity contribution is -0.144. The molecule has 0 bridgehead atoms. The van der Waals surface area contributed by atoms with Gasteiger partial charge in [-0.2, -0.15) is 0 Å². The van der Waals surface area contributed by atoms with Crippen molar-refractivity contribution in [3.05, 3.63) is 59.4 Å². The van der Waals surface area contributed by atoms with Crippen LogP contribution in [0.25, 0.3) is 6.08 Å². The van der Waals surface area contributed by atoms with Crippen LogP contribution in [0.5, 0.6) is 17.2 Å². The van der Waals surface area contributed by atoms with Gasteiger partial charge in [0.15, 0.2) is 11.9 Å². The number of carbonyl (C=O) groups is 2. The minimum atomic E-state index is -0.524. The maximum Gasteiger partial charge on any atom is 0.340 e. The molecule has 0 amide bonds. The van der Waals surface area contributed by atoms with Crippen LogP contribution in [-0.2, 0) is 9.53 Å². The van der Waals surface area contributed by atoms with E-state index in [-0.39, 0.29) is 11.5 Å². The van der Waals surface area contributed by atoms with Gasteiger partial charge < -0.3 is 18.9 Å². The first-order chi connectivity index (χ1) is 13.1. The Bertz CT molecular complexity index is 924. The molecule has 2 aliphatic heterocycles. The molecule has 0 saturated carbocycles. The van der Waals surface area contributed by atoms with E-state index in [1.165, 1.54) is 0 Å². The summed E-state index contributed by atoms with van der Waals surface area (Å²) in [5, 5.41) is 0. The molecular weight excluding hydrogens is 348 g/mol. The summed E-state index contributed by atoms with van der Waals surface area (Å²) in [6.45, 7) is 0.569. The number of allylic oxidation sites excluding steroid dienone is 1. The number of carbonyl (C=O) groups excluding carboxylic acids is 2. The van der Waals surface area contributed by atoms with Crippen LogP contribution < -0.4 is 14.2 Å². The third kappa shape index (κ3) is 3.57. The summed E-state index contributed by atoms with van der Waals surface area (Å²) in [4.78, 5) is 24.6. The van der Waals surface area contributed by atoms with Crippen molar-refractivity contribution in [3.8, 4) is 17.2 Å². The van der Waals surface area contributed by atoms with Crippen LogP contribution in [0.3, 0.4) is 0 Å². The van der Waals surface area contributed by atoms with Crippen LogP contribution in [0.4, 0.5) is 0 Å². The molecule has 6 heteroatoms. The topological polar surface area (TPSA) is 71.1 Å². The number of hydrogen-bond donors (Lipinski definition) is 0. The molecular formula is C21H18O6. The first kappa shape index (κ1) is 17.3. The van der Waals surface area contributed by atoms with E-state index in [4.69, 9.17) is 18.9 Å². The molecule has 2 aromatic rings. The van der Waals surface area contributed by atoms with Gasteiger partial charge in [-0.15, -0.1) is 0 Å². The molecule has 27 heavy (non-hydrogen) atoms. The average molecular weight is 366 g/mol. The zero-order valence-corrected chi connectivity index (χ0v) is 14.8. The molecule has 138 valence electrons. The minimum Gasteiger partial charge on any atom is -0.497 e. The second-order valence-corrected chi connectivity index (χ2v) is 6.30. The van der Waals surface area contributed by atoms with Gasteiger partial charge >= 0.3 is 5.97 Å². The summed E-state index contributed by atoms with van der Waals surface area (Å²) in [6, 6.07) is 12.0. The summed E-state index contributed by atoms with van der Waals surface area (Å²) < 4.78 is 21.6. The molecule has 0 spiro atoms. The maximum atomic E-state index is 12.5. The lowest BCUT2D eigenvalue weighted by Gasteiger charge is -2.09. The fourth-order valence-corrected chi connectivity index (χ4v) is 3.06. The highest BCUT2D eigenvalue weighted by molar-refractivity contribution is 6.14. The molecule has 6 nitrogen and oxygen atoms in total.